The van der Waals surface area contributed by atoms with Gasteiger partial charge in [0.05, 0.1) is 0 Å². The van der Waals surface area contributed by atoms with Crippen LogP contribution in [0, 0.1) is 0 Å². The van der Waals surface area contributed by atoms with Gasteiger partial charge in [0.25, 0.3) is 0 Å². The van der Waals surface area contributed by atoms with Gasteiger partial charge >= 0.3 is 0 Å². The van der Waals surface area contributed by atoms with Crippen LogP contribution in [0.4, 0.5) is 0 Å². The van der Waals surface area contributed by atoms with Gasteiger partial charge in [0, 0.05) is 19.2 Å². The molecule has 0 fully saturated rings. The van der Waals surface area contributed by atoms with Gasteiger partial charge in [-0.25, -0.2) is 0 Å². The van der Waals surface area contributed by atoms with Gasteiger partial charge in [0.15, 0.2) is 0 Å². The molecule has 1 heterocycles. The quantitative estimate of drug-likeness (QED) is 0.538. The third-order valence-electron chi connectivity index (χ3n) is 2.97. The number of hydrogen-bond donors (Lipinski definition) is 0. The zero-order valence-corrected chi connectivity index (χ0v) is 7.60. The van der Waals surface area contributed by atoms with Crippen molar-refractivity contribution >= 4 is 5.91 Å². The smallest absolute Gasteiger partial charge is 0.226 e. The molecule has 2 aliphatic rings. The molecule has 66 valence electrons. The highest BCUT2D eigenvalue weighted by Crippen LogP contribution is 2.33. The lowest BCUT2D eigenvalue weighted by atomic mass is 9.89. The van der Waals surface area contributed by atoms with Gasteiger partial charge in [-0.15, -0.1) is 0 Å². The number of hydrogen-bond acceptors (Lipinski definition) is 1. The number of nitrogens with zero attached hydrogens (tertiary/aromatic N) is 1. The van der Waals surface area contributed by atoms with Crippen LogP contribution >= 0.6 is 0 Å². The second kappa shape index (κ2) is 2.92. The topological polar surface area (TPSA) is 20.3 Å². The summed E-state index contributed by atoms with van der Waals surface area (Å²) in [6.45, 7) is 0. The average Bonchev–Trinajstić information content (AvgIpc) is 2.12. The second-order valence-corrected chi connectivity index (χ2v) is 3.71. The molecule has 0 aromatic carbocycles. The van der Waals surface area contributed by atoms with E-state index in [1.807, 2.05) is 11.9 Å². The zero-order chi connectivity index (χ0) is 8.55. The predicted octanol–water partition coefficient (Wildman–Crippen LogP) is 2.07. The van der Waals surface area contributed by atoms with Crippen molar-refractivity contribution in [2.75, 3.05) is 7.05 Å². The van der Waals surface area contributed by atoms with Crippen LogP contribution in [0.1, 0.15) is 38.5 Å². The average molecular weight is 165 g/mol. The van der Waals surface area contributed by atoms with Crippen LogP contribution in [0.3, 0.4) is 0 Å². The summed E-state index contributed by atoms with van der Waals surface area (Å²) in [4.78, 5) is 13.2. The Bertz CT molecular complexity index is 242. The summed E-state index contributed by atoms with van der Waals surface area (Å²) in [5, 5.41) is 0. The number of rotatable bonds is 0. The van der Waals surface area contributed by atoms with Crippen molar-refractivity contribution in [1.82, 2.24) is 4.90 Å². The maximum Gasteiger partial charge on any atom is 0.226 e. The van der Waals surface area contributed by atoms with Crippen molar-refractivity contribution in [3.63, 3.8) is 0 Å². The molecule has 0 spiro atoms. The standard InChI is InChI=1S/C10H15NO/c1-11-9-5-3-2-4-8(9)6-7-10(11)12/h2-7H2,1H3. The fourth-order valence-corrected chi connectivity index (χ4v) is 2.20. The van der Waals surface area contributed by atoms with Gasteiger partial charge in [-0.05, 0) is 32.1 Å². The first kappa shape index (κ1) is 7.84. The van der Waals surface area contributed by atoms with Gasteiger partial charge in [-0.3, -0.25) is 4.79 Å². The Balaban J connectivity index is 2.27. The molecule has 2 heteroatoms. The molecule has 0 aromatic rings. The minimum atomic E-state index is 0.302. The van der Waals surface area contributed by atoms with E-state index in [4.69, 9.17) is 0 Å². The molecule has 1 aliphatic carbocycles. The fourth-order valence-electron chi connectivity index (χ4n) is 2.20. The van der Waals surface area contributed by atoms with E-state index in [0.29, 0.717) is 5.91 Å². The molecule has 0 radical (unpaired) electrons. The summed E-state index contributed by atoms with van der Waals surface area (Å²) in [6, 6.07) is 0. The summed E-state index contributed by atoms with van der Waals surface area (Å²) in [6.07, 6.45) is 6.69. The Labute approximate surface area is 73.2 Å². The second-order valence-electron chi connectivity index (χ2n) is 3.71. The van der Waals surface area contributed by atoms with Crippen LogP contribution in [0.25, 0.3) is 0 Å². The van der Waals surface area contributed by atoms with Gasteiger partial charge < -0.3 is 4.90 Å². The van der Waals surface area contributed by atoms with E-state index >= 15 is 0 Å². The van der Waals surface area contributed by atoms with E-state index in [1.54, 1.807) is 5.57 Å². The Kier molecular flexibility index (Phi) is 1.91. The van der Waals surface area contributed by atoms with E-state index in [0.717, 1.165) is 19.3 Å². The van der Waals surface area contributed by atoms with Crippen molar-refractivity contribution in [2.45, 2.75) is 38.5 Å². The summed E-state index contributed by atoms with van der Waals surface area (Å²) in [7, 11) is 1.92. The fraction of sp³-hybridized carbons (Fsp3) is 0.700. The van der Waals surface area contributed by atoms with Crippen LogP contribution in [0.2, 0.25) is 0 Å². The normalized spacial score (nSPS) is 24.4. The summed E-state index contributed by atoms with van der Waals surface area (Å²) >= 11 is 0. The number of carbonyl (C=O) groups excluding carboxylic acids is 1. The number of allylic oxidation sites excluding steroid dienone is 2. The Morgan fingerprint density at radius 1 is 1.08 bits per heavy atom. The lowest BCUT2D eigenvalue weighted by molar-refractivity contribution is -0.129. The highest BCUT2D eigenvalue weighted by Gasteiger charge is 2.24. The van der Waals surface area contributed by atoms with Crippen molar-refractivity contribution in [3.05, 3.63) is 11.3 Å². The largest absolute Gasteiger partial charge is 0.319 e. The van der Waals surface area contributed by atoms with Gasteiger partial charge in [-0.1, -0.05) is 5.57 Å². The van der Waals surface area contributed by atoms with E-state index < -0.39 is 0 Å². The van der Waals surface area contributed by atoms with Crippen LogP contribution < -0.4 is 0 Å². The van der Waals surface area contributed by atoms with Crippen molar-refractivity contribution in [3.8, 4) is 0 Å². The monoisotopic (exact) mass is 165 g/mol. The Morgan fingerprint density at radius 2 is 1.83 bits per heavy atom. The first-order valence-corrected chi connectivity index (χ1v) is 4.76. The van der Waals surface area contributed by atoms with E-state index in [-0.39, 0.29) is 0 Å². The Hall–Kier alpha value is -0.790. The van der Waals surface area contributed by atoms with Crippen molar-refractivity contribution in [1.29, 1.82) is 0 Å². The summed E-state index contributed by atoms with van der Waals surface area (Å²) in [5.41, 5.74) is 2.88. The van der Waals surface area contributed by atoms with E-state index in [2.05, 4.69) is 0 Å². The van der Waals surface area contributed by atoms with Crippen molar-refractivity contribution < 1.29 is 4.79 Å². The molecule has 0 saturated carbocycles. The van der Waals surface area contributed by atoms with E-state index in [9.17, 15) is 4.79 Å². The SMILES string of the molecule is CN1C(=O)CCC2=C1CCCC2. The molecule has 0 unspecified atom stereocenters. The summed E-state index contributed by atoms with van der Waals surface area (Å²) in [5.74, 6) is 0.302. The molecular weight excluding hydrogens is 150 g/mol. The first-order valence-electron chi connectivity index (χ1n) is 4.76. The molecule has 0 aromatic heterocycles. The van der Waals surface area contributed by atoms with Crippen LogP contribution in [-0.4, -0.2) is 17.9 Å². The molecule has 2 nitrogen and oxygen atoms in total. The van der Waals surface area contributed by atoms with Crippen molar-refractivity contribution in [2.24, 2.45) is 0 Å². The molecule has 1 aliphatic heterocycles. The van der Waals surface area contributed by atoms with Crippen LogP contribution in [0.5, 0.6) is 0 Å². The molecule has 2 rings (SSSR count). The summed E-state index contributed by atoms with van der Waals surface area (Å²) < 4.78 is 0. The highest BCUT2D eigenvalue weighted by molar-refractivity contribution is 5.79. The van der Waals surface area contributed by atoms with Gasteiger partial charge in [-0.2, -0.15) is 0 Å². The molecular formula is C10H15NO. The lowest BCUT2D eigenvalue weighted by Crippen LogP contribution is -2.31. The molecule has 0 atom stereocenters. The predicted molar refractivity (Wildman–Crippen MR) is 47.5 cm³/mol. The number of carbonyl (C=O) groups is 1. The van der Waals surface area contributed by atoms with E-state index in [1.165, 1.54) is 25.0 Å². The third kappa shape index (κ3) is 1.15. The minimum absolute atomic E-state index is 0.302. The van der Waals surface area contributed by atoms with Gasteiger partial charge in [0.2, 0.25) is 5.91 Å². The van der Waals surface area contributed by atoms with Crippen LogP contribution in [0.15, 0.2) is 11.3 Å². The zero-order valence-electron chi connectivity index (χ0n) is 7.60. The lowest BCUT2D eigenvalue weighted by Gasteiger charge is -2.32. The third-order valence-corrected chi connectivity index (χ3v) is 2.97. The maximum absolute atomic E-state index is 11.3. The first-order chi connectivity index (χ1) is 5.79. The van der Waals surface area contributed by atoms with Crippen LogP contribution in [-0.2, 0) is 4.79 Å². The molecule has 0 saturated heterocycles. The van der Waals surface area contributed by atoms with Gasteiger partial charge in [0.1, 0.15) is 0 Å². The molecule has 0 bridgehead atoms. The highest BCUT2D eigenvalue weighted by atomic mass is 16.2. The minimum Gasteiger partial charge on any atom is -0.319 e. The number of amides is 1. The maximum atomic E-state index is 11.3. The Morgan fingerprint density at radius 3 is 2.67 bits per heavy atom. The molecule has 0 N–H and O–H groups in total. The molecule has 1 amide bonds. The molecule has 12 heavy (non-hydrogen) atoms.